The Bertz CT molecular complexity index is 1200. The highest BCUT2D eigenvalue weighted by atomic mass is 35.5. The van der Waals surface area contributed by atoms with Gasteiger partial charge >= 0.3 is 0 Å². The monoisotopic (exact) mass is 518 g/mol. The maximum Gasteiger partial charge on any atom is 0.219 e. The van der Waals surface area contributed by atoms with Crippen LogP contribution in [0, 0.1) is 0 Å². The SMILES string of the molecule is COc1nc(-c2cccc(-c3ccnc(Cl)c3Cl)c2Cl)ccc1CNC1CCN(C(C)=O)CC1. The Kier molecular flexibility index (Phi) is 7.94. The predicted molar refractivity (Wildman–Crippen MR) is 137 cm³/mol. The molecule has 6 nitrogen and oxygen atoms in total. The van der Waals surface area contributed by atoms with E-state index in [0.29, 0.717) is 39.8 Å². The van der Waals surface area contributed by atoms with Crippen LogP contribution in [-0.4, -0.2) is 47.0 Å². The highest BCUT2D eigenvalue weighted by molar-refractivity contribution is 6.43. The number of amides is 1. The molecule has 3 heterocycles. The van der Waals surface area contributed by atoms with Crippen LogP contribution in [0.4, 0.5) is 0 Å². The number of nitrogens with one attached hydrogen (secondary N) is 1. The molecule has 2 aromatic heterocycles. The van der Waals surface area contributed by atoms with E-state index in [9.17, 15) is 4.79 Å². The predicted octanol–water partition coefficient (Wildman–Crippen LogP) is 5.88. The number of piperidine rings is 1. The van der Waals surface area contributed by atoms with Crippen LogP contribution in [0.25, 0.3) is 22.4 Å². The molecule has 1 aromatic carbocycles. The van der Waals surface area contributed by atoms with E-state index in [-0.39, 0.29) is 11.1 Å². The Morgan fingerprint density at radius 3 is 2.47 bits per heavy atom. The van der Waals surface area contributed by atoms with Crippen LogP contribution in [-0.2, 0) is 11.3 Å². The van der Waals surface area contributed by atoms with Crippen LogP contribution in [0.3, 0.4) is 0 Å². The molecule has 0 unspecified atom stereocenters. The highest BCUT2D eigenvalue weighted by Gasteiger charge is 2.21. The third-order valence-corrected chi connectivity index (χ3v) is 7.24. The second kappa shape index (κ2) is 10.9. The first-order chi connectivity index (χ1) is 16.4. The first-order valence-electron chi connectivity index (χ1n) is 11.0. The lowest BCUT2D eigenvalue weighted by atomic mass is 10.0. The summed E-state index contributed by atoms with van der Waals surface area (Å²) in [5, 5.41) is 4.66. The van der Waals surface area contributed by atoms with Gasteiger partial charge in [-0.2, -0.15) is 0 Å². The summed E-state index contributed by atoms with van der Waals surface area (Å²) in [6.07, 6.45) is 3.45. The Morgan fingerprint density at radius 1 is 1.06 bits per heavy atom. The minimum atomic E-state index is 0.136. The average Bonchev–Trinajstić information content (AvgIpc) is 2.85. The lowest BCUT2D eigenvalue weighted by Gasteiger charge is -2.31. The Labute approximate surface area is 214 Å². The summed E-state index contributed by atoms with van der Waals surface area (Å²) in [7, 11) is 1.61. The van der Waals surface area contributed by atoms with Gasteiger partial charge in [-0.1, -0.05) is 59.1 Å². The van der Waals surface area contributed by atoms with Gasteiger partial charge in [0.25, 0.3) is 0 Å². The van der Waals surface area contributed by atoms with Crippen LogP contribution in [0.2, 0.25) is 15.2 Å². The van der Waals surface area contributed by atoms with Gasteiger partial charge in [-0.05, 0) is 25.0 Å². The third-order valence-electron chi connectivity index (χ3n) is 6.07. The lowest BCUT2D eigenvalue weighted by Crippen LogP contribution is -2.44. The molecule has 0 radical (unpaired) electrons. The van der Waals surface area contributed by atoms with Crippen molar-refractivity contribution < 1.29 is 9.53 Å². The molecule has 3 aromatic rings. The fourth-order valence-corrected chi connectivity index (χ4v) is 4.84. The highest BCUT2D eigenvalue weighted by Crippen LogP contribution is 2.40. The van der Waals surface area contributed by atoms with Crippen LogP contribution >= 0.6 is 34.8 Å². The molecule has 0 saturated carbocycles. The van der Waals surface area contributed by atoms with Gasteiger partial charge in [0.15, 0.2) is 0 Å². The summed E-state index contributed by atoms with van der Waals surface area (Å²) < 4.78 is 5.59. The molecule has 1 saturated heterocycles. The smallest absolute Gasteiger partial charge is 0.219 e. The molecule has 1 fully saturated rings. The molecule has 1 amide bonds. The van der Waals surface area contributed by atoms with Gasteiger partial charge in [0.1, 0.15) is 5.15 Å². The molecule has 4 rings (SSSR count). The van der Waals surface area contributed by atoms with Crippen LogP contribution in [0.5, 0.6) is 5.88 Å². The molecule has 1 aliphatic heterocycles. The molecule has 0 atom stereocenters. The van der Waals surface area contributed by atoms with Crippen molar-refractivity contribution in [3.05, 3.63) is 63.4 Å². The minimum Gasteiger partial charge on any atom is -0.481 e. The molecule has 1 N–H and O–H groups in total. The molecule has 9 heteroatoms. The molecule has 178 valence electrons. The Hall–Kier alpha value is -2.38. The first kappa shape index (κ1) is 24.7. The number of hydrogen-bond donors (Lipinski definition) is 1. The van der Waals surface area contributed by atoms with Crippen LogP contribution in [0.15, 0.2) is 42.6 Å². The van der Waals surface area contributed by atoms with Crippen molar-refractivity contribution >= 4 is 40.7 Å². The van der Waals surface area contributed by atoms with Crippen LogP contribution < -0.4 is 10.1 Å². The van der Waals surface area contributed by atoms with Gasteiger partial charge in [-0.15, -0.1) is 0 Å². The summed E-state index contributed by atoms with van der Waals surface area (Å²) >= 11 is 19.3. The zero-order chi connectivity index (χ0) is 24.2. The molecule has 0 spiro atoms. The van der Waals surface area contributed by atoms with Gasteiger partial charge in [-0.3, -0.25) is 4.79 Å². The van der Waals surface area contributed by atoms with Crippen molar-refractivity contribution in [1.82, 2.24) is 20.2 Å². The van der Waals surface area contributed by atoms with Crippen molar-refractivity contribution in [2.45, 2.75) is 32.4 Å². The summed E-state index contributed by atoms with van der Waals surface area (Å²) in [5.74, 6) is 0.676. The summed E-state index contributed by atoms with van der Waals surface area (Å²) in [4.78, 5) is 22.2. The van der Waals surface area contributed by atoms with Crippen molar-refractivity contribution in [2.24, 2.45) is 0 Å². The number of halogens is 3. The van der Waals surface area contributed by atoms with Gasteiger partial charge < -0.3 is 15.0 Å². The molecule has 0 aliphatic carbocycles. The number of pyridine rings is 2. The number of likely N-dealkylation sites (tertiary alicyclic amines) is 1. The van der Waals surface area contributed by atoms with E-state index in [2.05, 4.69) is 10.3 Å². The molecular formula is C25H25Cl3N4O2. The fourth-order valence-electron chi connectivity index (χ4n) is 4.15. The van der Waals surface area contributed by atoms with Crippen molar-refractivity contribution in [3.63, 3.8) is 0 Å². The molecule has 1 aliphatic rings. The van der Waals surface area contributed by atoms with Crippen molar-refractivity contribution in [3.8, 4) is 28.3 Å². The molecule has 34 heavy (non-hydrogen) atoms. The normalized spacial score (nSPS) is 14.3. The Balaban J connectivity index is 1.54. The molecular weight excluding hydrogens is 495 g/mol. The number of rotatable bonds is 6. The van der Waals surface area contributed by atoms with E-state index in [1.165, 1.54) is 0 Å². The van der Waals surface area contributed by atoms with E-state index >= 15 is 0 Å². The fraction of sp³-hybridized carbons (Fsp3) is 0.320. The Morgan fingerprint density at radius 2 is 1.76 bits per heavy atom. The summed E-state index contributed by atoms with van der Waals surface area (Å²) in [6, 6.07) is 11.8. The zero-order valence-electron chi connectivity index (χ0n) is 18.9. The topological polar surface area (TPSA) is 67.4 Å². The third kappa shape index (κ3) is 5.31. The minimum absolute atomic E-state index is 0.136. The quantitative estimate of drug-likeness (QED) is 0.412. The zero-order valence-corrected chi connectivity index (χ0v) is 21.2. The van der Waals surface area contributed by atoms with E-state index in [0.717, 1.165) is 42.6 Å². The van der Waals surface area contributed by atoms with Crippen molar-refractivity contribution in [2.75, 3.05) is 20.2 Å². The largest absolute Gasteiger partial charge is 0.481 e. The van der Waals surface area contributed by atoms with E-state index in [1.54, 1.807) is 26.3 Å². The molecule has 0 bridgehead atoms. The number of hydrogen-bond acceptors (Lipinski definition) is 5. The van der Waals surface area contributed by atoms with E-state index in [1.807, 2.05) is 35.2 Å². The number of aromatic nitrogens is 2. The van der Waals surface area contributed by atoms with E-state index < -0.39 is 0 Å². The maximum absolute atomic E-state index is 11.5. The number of nitrogens with zero attached hydrogens (tertiary/aromatic N) is 3. The second-order valence-corrected chi connectivity index (χ2v) is 9.27. The average molecular weight is 520 g/mol. The standard InChI is InChI=1S/C25H25Cl3N4O2/c1-15(33)32-12-9-17(10-13-32)30-14-16-6-7-21(31-25(16)34-2)20-5-3-4-18(22(20)26)19-8-11-29-24(28)23(19)27/h3-8,11,17,30H,9-10,12-14H2,1-2H3. The van der Waals surface area contributed by atoms with Crippen molar-refractivity contribution in [1.29, 1.82) is 0 Å². The first-order valence-corrected chi connectivity index (χ1v) is 12.1. The van der Waals surface area contributed by atoms with Gasteiger partial charge in [0.2, 0.25) is 11.8 Å². The van der Waals surface area contributed by atoms with Gasteiger partial charge in [0.05, 0.1) is 22.8 Å². The second-order valence-electron chi connectivity index (χ2n) is 8.16. The summed E-state index contributed by atoms with van der Waals surface area (Å²) in [6.45, 7) is 3.81. The van der Waals surface area contributed by atoms with Crippen LogP contribution in [0.1, 0.15) is 25.3 Å². The number of benzene rings is 1. The van der Waals surface area contributed by atoms with E-state index in [4.69, 9.17) is 44.5 Å². The number of carbonyl (C=O) groups is 1. The maximum atomic E-state index is 11.5. The summed E-state index contributed by atoms with van der Waals surface area (Å²) in [5.41, 5.74) is 3.86. The van der Waals surface area contributed by atoms with Gasteiger partial charge in [-0.25, -0.2) is 9.97 Å². The number of carbonyl (C=O) groups excluding carboxylic acids is 1. The number of methoxy groups -OCH3 is 1. The number of ether oxygens (including phenoxy) is 1. The van der Waals surface area contributed by atoms with Gasteiger partial charge in [0, 0.05) is 61.1 Å². The lowest BCUT2D eigenvalue weighted by molar-refractivity contribution is -0.129.